The van der Waals surface area contributed by atoms with E-state index in [0.717, 1.165) is 32.1 Å². The molecule has 4 saturated carbocycles. The lowest BCUT2D eigenvalue weighted by Gasteiger charge is -2.71. The highest BCUT2D eigenvalue weighted by Crippen LogP contribution is 2.75. The number of allylic oxidation sites excluding steroid dienone is 2. The first-order valence-electron chi connectivity index (χ1n) is 17.4. The second kappa shape index (κ2) is 10.7. The summed E-state index contributed by atoms with van der Waals surface area (Å²) in [7, 11) is 0. The van der Waals surface area contributed by atoms with E-state index in [2.05, 4.69) is 54.5 Å². The lowest BCUT2D eigenvalue weighted by Crippen LogP contribution is -2.68. The molecule has 256 valence electrons. The summed E-state index contributed by atoms with van der Waals surface area (Å²) in [6.45, 7) is 15.5. The Bertz CT molecular complexity index is 1210. The van der Waals surface area contributed by atoms with E-state index in [1.807, 2.05) is 0 Å². The van der Waals surface area contributed by atoms with E-state index in [0.29, 0.717) is 37.5 Å². The van der Waals surface area contributed by atoms with Crippen LogP contribution in [0.15, 0.2) is 11.6 Å². The molecule has 0 aromatic rings. The van der Waals surface area contributed by atoms with Crippen molar-refractivity contribution in [2.24, 2.45) is 50.2 Å². The lowest BCUT2D eigenvalue weighted by molar-refractivity contribution is -0.299. The summed E-state index contributed by atoms with van der Waals surface area (Å²) in [6, 6.07) is 0. The molecule has 14 atom stereocenters. The van der Waals surface area contributed by atoms with Gasteiger partial charge in [0.2, 0.25) is 6.29 Å². The third-order valence-electron chi connectivity index (χ3n) is 15.1. The highest BCUT2D eigenvalue weighted by molar-refractivity contribution is 5.80. The van der Waals surface area contributed by atoms with E-state index in [9.17, 15) is 35.4 Å². The number of carbonyl (C=O) groups excluding carboxylic acids is 1. The molecular weight excluding hydrogens is 576 g/mol. The van der Waals surface area contributed by atoms with Crippen molar-refractivity contribution in [3.63, 3.8) is 0 Å². The number of ether oxygens (including phenoxy) is 2. The summed E-state index contributed by atoms with van der Waals surface area (Å²) in [5.41, 5.74) is -0.661. The molecule has 0 bridgehead atoms. The van der Waals surface area contributed by atoms with Crippen LogP contribution in [0.3, 0.4) is 0 Å². The van der Waals surface area contributed by atoms with Crippen LogP contribution in [0.2, 0.25) is 0 Å². The van der Waals surface area contributed by atoms with Crippen LogP contribution in [0.25, 0.3) is 0 Å². The first-order chi connectivity index (χ1) is 20.8. The molecule has 0 amide bonds. The van der Waals surface area contributed by atoms with Crippen molar-refractivity contribution in [2.75, 3.05) is 6.61 Å². The van der Waals surface area contributed by atoms with Gasteiger partial charge in [-0.25, -0.2) is 0 Å². The fourth-order valence-corrected chi connectivity index (χ4v) is 12.1. The van der Waals surface area contributed by atoms with Gasteiger partial charge >= 0.3 is 5.97 Å². The molecule has 0 aromatic carbocycles. The Kier molecular flexibility index (Phi) is 8.05. The smallest absolute Gasteiger partial charge is 0.317 e. The van der Waals surface area contributed by atoms with Crippen LogP contribution in [0.5, 0.6) is 0 Å². The zero-order valence-electron chi connectivity index (χ0n) is 28.3. The van der Waals surface area contributed by atoms with Gasteiger partial charge in [0.05, 0.1) is 18.8 Å². The highest BCUT2D eigenvalue weighted by Gasteiger charge is 2.71. The van der Waals surface area contributed by atoms with Gasteiger partial charge in [-0.05, 0) is 103 Å². The zero-order chi connectivity index (χ0) is 33.1. The maximum atomic E-state index is 14.4. The molecule has 1 aliphatic heterocycles. The summed E-state index contributed by atoms with van der Waals surface area (Å²) in [5.74, 6) is -0.157. The number of rotatable bonds is 3. The monoisotopic (exact) mass is 634 g/mol. The summed E-state index contributed by atoms with van der Waals surface area (Å²) in [4.78, 5) is 14.4. The molecule has 0 aromatic heterocycles. The molecule has 5 fully saturated rings. The van der Waals surface area contributed by atoms with Crippen LogP contribution >= 0.6 is 0 Å². The first kappa shape index (κ1) is 33.8. The molecule has 6 rings (SSSR count). The number of carbonyl (C=O) groups is 1. The number of hydrogen-bond donors (Lipinski definition) is 6. The van der Waals surface area contributed by atoms with Crippen molar-refractivity contribution < 1.29 is 44.9 Å². The number of esters is 1. The summed E-state index contributed by atoms with van der Waals surface area (Å²) in [6.07, 6.45) is 0.341. The van der Waals surface area contributed by atoms with Gasteiger partial charge in [-0.3, -0.25) is 4.79 Å². The number of aliphatic hydroxyl groups is 6. The van der Waals surface area contributed by atoms with E-state index in [-0.39, 0.29) is 39.1 Å². The molecule has 6 N–H and O–H groups in total. The molecular formula is C36H58O9. The predicted molar refractivity (Wildman–Crippen MR) is 166 cm³/mol. The Morgan fingerprint density at radius 2 is 1.53 bits per heavy atom. The quantitative estimate of drug-likeness (QED) is 0.202. The van der Waals surface area contributed by atoms with Gasteiger partial charge < -0.3 is 40.1 Å². The van der Waals surface area contributed by atoms with Gasteiger partial charge in [-0.2, -0.15) is 0 Å². The van der Waals surface area contributed by atoms with Gasteiger partial charge in [0.25, 0.3) is 0 Å². The van der Waals surface area contributed by atoms with Crippen LogP contribution in [0, 0.1) is 50.2 Å². The van der Waals surface area contributed by atoms with Crippen molar-refractivity contribution in [3.8, 4) is 0 Å². The fourth-order valence-electron chi connectivity index (χ4n) is 12.1. The van der Waals surface area contributed by atoms with E-state index >= 15 is 0 Å². The fraction of sp³-hybridized carbons (Fsp3) is 0.917. The summed E-state index contributed by atoms with van der Waals surface area (Å²) < 4.78 is 11.4. The molecule has 45 heavy (non-hydrogen) atoms. The lowest BCUT2D eigenvalue weighted by atomic mass is 9.33. The Hall–Kier alpha value is -1.07. The topological polar surface area (TPSA) is 157 Å². The Labute approximate surface area is 268 Å². The Balaban J connectivity index is 1.38. The molecule has 1 heterocycles. The molecule has 4 unspecified atom stereocenters. The SMILES string of the molecule is CC1(C)CC[C@@]2(C(=O)OC3O[C@@H](CO)[C@@H](O)[C@@H](O)[C@@H]3O)C(C1)C1=CCC3[C@@]4(C)CC[C@H](O)C(C)(C)C4CC[C@@]3(C)[C@]1(C)C[C@H]2O. The van der Waals surface area contributed by atoms with Crippen LogP contribution < -0.4 is 0 Å². The van der Waals surface area contributed by atoms with E-state index in [1.165, 1.54) is 5.57 Å². The van der Waals surface area contributed by atoms with Gasteiger partial charge in [0, 0.05) is 0 Å². The van der Waals surface area contributed by atoms with Gasteiger partial charge in [-0.15, -0.1) is 0 Å². The van der Waals surface area contributed by atoms with Crippen molar-refractivity contribution in [3.05, 3.63) is 11.6 Å². The maximum absolute atomic E-state index is 14.4. The van der Waals surface area contributed by atoms with Gasteiger partial charge in [-0.1, -0.05) is 60.1 Å². The minimum atomic E-state index is -1.70. The summed E-state index contributed by atoms with van der Waals surface area (Å²) >= 11 is 0. The highest BCUT2D eigenvalue weighted by atomic mass is 16.7. The second-order valence-corrected chi connectivity index (χ2v) is 18.0. The largest absolute Gasteiger partial charge is 0.432 e. The van der Waals surface area contributed by atoms with Gasteiger partial charge in [0.1, 0.15) is 29.8 Å². The minimum absolute atomic E-state index is 0.0497. The van der Waals surface area contributed by atoms with Crippen LogP contribution in [0.1, 0.15) is 106 Å². The van der Waals surface area contributed by atoms with Crippen LogP contribution in [-0.4, -0.2) is 86.1 Å². The van der Waals surface area contributed by atoms with E-state index in [1.54, 1.807) is 0 Å². The average molecular weight is 635 g/mol. The third kappa shape index (κ3) is 4.54. The Morgan fingerprint density at radius 1 is 0.844 bits per heavy atom. The molecule has 5 aliphatic carbocycles. The summed E-state index contributed by atoms with van der Waals surface area (Å²) in [5, 5.41) is 64.3. The van der Waals surface area contributed by atoms with Crippen LogP contribution in [-0.2, 0) is 14.3 Å². The predicted octanol–water partition coefficient (Wildman–Crippen LogP) is 3.46. The number of hydrogen-bond acceptors (Lipinski definition) is 9. The molecule has 6 aliphatic rings. The second-order valence-electron chi connectivity index (χ2n) is 18.0. The van der Waals surface area contributed by atoms with Crippen LogP contribution in [0.4, 0.5) is 0 Å². The zero-order valence-corrected chi connectivity index (χ0v) is 28.3. The van der Waals surface area contributed by atoms with E-state index < -0.39 is 54.8 Å². The van der Waals surface area contributed by atoms with Crippen molar-refractivity contribution in [1.29, 1.82) is 0 Å². The maximum Gasteiger partial charge on any atom is 0.317 e. The van der Waals surface area contributed by atoms with Crippen molar-refractivity contribution in [2.45, 2.75) is 149 Å². The molecule has 1 saturated heterocycles. The first-order valence-corrected chi connectivity index (χ1v) is 17.4. The molecule has 0 spiro atoms. The third-order valence-corrected chi connectivity index (χ3v) is 15.1. The van der Waals surface area contributed by atoms with Crippen molar-refractivity contribution >= 4 is 5.97 Å². The Morgan fingerprint density at radius 3 is 2.20 bits per heavy atom. The normalized spacial score (nSPS) is 53.6. The van der Waals surface area contributed by atoms with Gasteiger partial charge in [0.15, 0.2) is 0 Å². The molecule has 0 radical (unpaired) electrons. The van der Waals surface area contributed by atoms with E-state index in [4.69, 9.17) is 9.47 Å². The molecule has 9 heteroatoms. The number of fused-ring (bicyclic) bond motifs is 7. The minimum Gasteiger partial charge on any atom is -0.432 e. The molecule has 9 nitrogen and oxygen atoms in total. The standard InChI is InChI=1S/C36H58O9/c1-31(2)14-15-36(30(43)45-29-28(42)27(41)26(40)21(18-37)44-29)20(16-31)19-8-9-23-33(5)12-11-24(38)32(3,4)22(33)10-13-34(23,6)35(19,7)17-25(36)39/h8,20-29,37-42H,9-18H2,1-7H3/t20?,21-,22?,23?,24-,25+,26+,27+,28-,29?,33-,34+,35+,36+/m0/s1. The average Bonchev–Trinajstić information content (AvgIpc) is 2.95. The van der Waals surface area contributed by atoms with Crippen molar-refractivity contribution in [1.82, 2.24) is 0 Å². The number of aliphatic hydroxyl groups excluding tert-OH is 6.